The fourth-order valence-corrected chi connectivity index (χ4v) is 3.35. The number of ketones is 1. The number of hydrogen-bond donors (Lipinski definition) is 2. The molecule has 1 heterocycles. The van der Waals surface area contributed by atoms with Gasteiger partial charge in [-0.25, -0.2) is 0 Å². The lowest BCUT2D eigenvalue weighted by molar-refractivity contribution is -0.179. The normalized spacial score (nSPS) is 17.4. The Morgan fingerprint density at radius 2 is 1.79 bits per heavy atom. The summed E-state index contributed by atoms with van der Waals surface area (Å²) in [6, 6.07) is 12.5. The third-order valence-corrected chi connectivity index (χ3v) is 4.75. The first-order valence-electron chi connectivity index (χ1n) is 8.67. The van der Waals surface area contributed by atoms with Crippen LogP contribution in [-0.4, -0.2) is 21.9 Å². The van der Waals surface area contributed by atoms with E-state index >= 15 is 0 Å². The molecular weight excluding hydrogens is 387 g/mol. The van der Waals surface area contributed by atoms with Crippen molar-refractivity contribution in [1.82, 2.24) is 10.3 Å². The first kappa shape index (κ1) is 20.0. The number of thiocarbonyl (C=S) groups is 1. The van der Waals surface area contributed by atoms with Crippen LogP contribution in [0.2, 0.25) is 0 Å². The van der Waals surface area contributed by atoms with Crippen LogP contribution in [-0.2, 0) is 11.3 Å². The fraction of sp³-hybridized carbons (Fsp3) is 0.250. The van der Waals surface area contributed by atoms with Gasteiger partial charge in [0.15, 0.2) is 5.78 Å². The van der Waals surface area contributed by atoms with E-state index < -0.39 is 24.3 Å². The van der Waals surface area contributed by atoms with Crippen molar-refractivity contribution in [2.45, 2.75) is 25.6 Å². The van der Waals surface area contributed by atoms with Crippen molar-refractivity contribution in [2.24, 2.45) is 5.92 Å². The van der Waals surface area contributed by atoms with Crippen molar-refractivity contribution >= 4 is 28.7 Å². The van der Waals surface area contributed by atoms with E-state index in [9.17, 15) is 18.0 Å². The zero-order valence-corrected chi connectivity index (χ0v) is 15.6. The maximum absolute atomic E-state index is 13.3. The van der Waals surface area contributed by atoms with Crippen LogP contribution >= 0.6 is 12.2 Å². The second-order valence-electron chi connectivity index (χ2n) is 6.45. The molecule has 1 atom stereocenters. The number of anilines is 1. The summed E-state index contributed by atoms with van der Waals surface area (Å²) >= 11 is 5.35. The third kappa shape index (κ3) is 4.95. The van der Waals surface area contributed by atoms with Crippen molar-refractivity contribution in [3.63, 3.8) is 0 Å². The Bertz CT molecular complexity index is 883. The molecule has 8 heteroatoms. The molecule has 0 radical (unpaired) electrons. The predicted molar refractivity (Wildman–Crippen MR) is 105 cm³/mol. The van der Waals surface area contributed by atoms with Crippen LogP contribution in [0.3, 0.4) is 0 Å². The summed E-state index contributed by atoms with van der Waals surface area (Å²) in [6.07, 6.45) is -2.17. The van der Waals surface area contributed by atoms with Crippen LogP contribution in [0.15, 0.2) is 66.1 Å². The van der Waals surface area contributed by atoms with Gasteiger partial charge in [0, 0.05) is 36.7 Å². The number of Topliss-reactive ketones (excluding diaryl/α,β-unsaturated/α-hetero) is 1. The third-order valence-electron chi connectivity index (χ3n) is 4.44. The second-order valence-corrected chi connectivity index (χ2v) is 6.86. The molecule has 2 N–H and O–H groups in total. The summed E-state index contributed by atoms with van der Waals surface area (Å²) in [5.41, 5.74) is 1.84. The highest BCUT2D eigenvalue weighted by atomic mass is 32.1. The molecule has 0 saturated carbocycles. The summed E-state index contributed by atoms with van der Waals surface area (Å²) < 4.78 is 39.8. The topological polar surface area (TPSA) is 54.0 Å². The predicted octanol–water partition coefficient (Wildman–Crippen LogP) is 4.41. The van der Waals surface area contributed by atoms with Crippen molar-refractivity contribution < 1.29 is 18.0 Å². The first-order valence-corrected chi connectivity index (χ1v) is 9.07. The SMILES string of the molecule is O=C1CC(C(F)(F)F)CC(NCc2ccncc2)=C1C(=S)Nc1ccccc1. The molecule has 0 aliphatic heterocycles. The number of alkyl halides is 3. The van der Waals surface area contributed by atoms with E-state index in [-0.39, 0.29) is 29.2 Å². The Hall–Kier alpha value is -2.74. The van der Waals surface area contributed by atoms with E-state index in [2.05, 4.69) is 15.6 Å². The lowest BCUT2D eigenvalue weighted by Crippen LogP contribution is -2.37. The van der Waals surface area contributed by atoms with Crippen molar-refractivity contribution in [1.29, 1.82) is 0 Å². The molecule has 1 aliphatic rings. The molecule has 0 amide bonds. The van der Waals surface area contributed by atoms with Crippen LogP contribution in [0, 0.1) is 5.92 Å². The number of allylic oxidation sites excluding steroid dienone is 1. The van der Waals surface area contributed by atoms with E-state index in [4.69, 9.17) is 12.2 Å². The van der Waals surface area contributed by atoms with Gasteiger partial charge in [-0.1, -0.05) is 30.4 Å². The van der Waals surface area contributed by atoms with E-state index in [1.54, 1.807) is 48.8 Å². The van der Waals surface area contributed by atoms with Gasteiger partial charge < -0.3 is 10.6 Å². The Morgan fingerprint density at radius 3 is 2.43 bits per heavy atom. The van der Waals surface area contributed by atoms with E-state index in [0.717, 1.165) is 5.56 Å². The standard InChI is InChI=1S/C20H18F3N3OS/c21-20(22,23)14-10-16(25-12-13-6-8-24-9-7-13)18(17(27)11-14)19(28)26-15-4-2-1-3-5-15/h1-9,14,25H,10-12H2,(H,26,28). The molecule has 2 aromatic rings. The van der Waals surface area contributed by atoms with Crippen LogP contribution in [0.25, 0.3) is 0 Å². The van der Waals surface area contributed by atoms with Crippen molar-refractivity contribution in [3.8, 4) is 0 Å². The molecule has 0 fully saturated rings. The molecule has 146 valence electrons. The maximum Gasteiger partial charge on any atom is 0.392 e. The largest absolute Gasteiger partial charge is 0.392 e. The number of para-hydroxylation sites is 1. The van der Waals surface area contributed by atoms with Gasteiger partial charge in [0.2, 0.25) is 0 Å². The number of halogens is 3. The van der Waals surface area contributed by atoms with E-state index in [0.29, 0.717) is 5.69 Å². The van der Waals surface area contributed by atoms with Crippen LogP contribution < -0.4 is 10.6 Å². The van der Waals surface area contributed by atoms with E-state index in [1.165, 1.54) is 0 Å². The zero-order chi connectivity index (χ0) is 20.1. The molecule has 1 aromatic heterocycles. The number of benzene rings is 1. The average Bonchev–Trinajstić information content (AvgIpc) is 2.66. The quantitative estimate of drug-likeness (QED) is 0.722. The monoisotopic (exact) mass is 405 g/mol. The summed E-state index contributed by atoms with van der Waals surface area (Å²) in [6.45, 7) is 0.271. The molecule has 4 nitrogen and oxygen atoms in total. The van der Waals surface area contributed by atoms with Gasteiger partial charge in [-0.2, -0.15) is 13.2 Å². The van der Waals surface area contributed by atoms with Gasteiger partial charge in [0.25, 0.3) is 0 Å². The Morgan fingerprint density at radius 1 is 1.11 bits per heavy atom. The Labute approximate surface area is 165 Å². The smallest absolute Gasteiger partial charge is 0.384 e. The molecule has 1 aromatic carbocycles. The first-order chi connectivity index (χ1) is 13.3. The maximum atomic E-state index is 13.3. The van der Waals surface area contributed by atoms with Gasteiger partial charge in [-0.3, -0.25) is 9.78 Å². The Kier molecular flexibility index (Phi) is 6.08. The number of carbonyl (C=O) groups excluding carboxylic acids is 1. The summed E-state index contributed by atoms with van der Waals surface area (Å²) in [4.78, 5) is 16.6. The number of hydrogen-bond acceptors (Lipinski definition) is 4. The highest BCUT2D eigenvalue weighted by Crippen LogP contribution is 2.38. The number of nitrogens with zero attached hydrogens (tertiary/aromatic N) is 1. The summed E-state index contributed by atoms with van der Waals surface area (Å²) in [5, 5.41) is 5.94. The van der Waals surface area contributed by atoms with Gasteiger partial charge in [0.1, 0.15) is 4.99 Å². The highest BCUT2D eigenvalue weighted by Gasteiger charge is 2.45. The minimum Gasteiger partial charge on any atom is -0.384 e. The van der Waals surface area contributed by atoms with Gasteiger partial charge in [-0.05, 0) is 36.2 Å². The molecular formula is C20H18F3N3OS. The van der Waals surface area contributed by atoms with Gasteiger partial charge >= 0.3 is 6.18 Å². The van der Waals surface area contributed by atoms with Crippen LogP contribution in [0.4, 0.5) is 18.9 Å². The average molecular weight is 405 g/mol. The summed E-state index contributed by atoms with van der Waals surface area (Å²) in [5.74, 6) is -2.33. The Balaban J connectivity index is 1.87. The lowest BCUT2D eigenvalue weighted by atomic mass is 9.85. The minimum atomic E-state index is -4.45. The molecule has 1 aliphatic carbocycles. The van der Waals surface area contributed by atoms with Crippen molar-refractivity contribution in [2.75, 3.05) is 5.32 Å². The fourth-order valence-electron chi connectivity index (χ4n) is 2.99. The summed E-state index contributed by atoms with van der Waals surface area (Å²) in [7, 11) is 0. The highest BCUT2D eigenvalue weighted by molar-refractivity contribution is 7.81. The van der Waals surface area contributed by atoms with E-state index in [1.807, 2.05) is 6.07 Å². The van der Waals surface area contributed by atoms with Crippen LogP contribution in [0.5, 0.6) is 0 Å². The van der Waals surface area contributed by atoms with Gasteiger partial charge in [0.05, 0.1) is 11.5 Å². The molecule has 0 bridgehead atoms. The zero-order valence-electron chi connectivity index (χ0n) is 14.8. The molecule has 1 unspecified atom stereocenters. The lowest BCUT2D eigenvalue weighted by Gasteiger charge is -2.29. The molecule has 3 rings (SSSR count). The molecule has 0 saturated heterocycles. The molecule has 0 spiro atoms. The molecule has 28 heavy (non-hydrogen) atoms. The number of aromatic nitrogens is 1. The number of carbonyl (C=O) groups is 1. The number of pyridine rings is 1. The number of rotatable bonds is 5. The van der Waals surface area contributed by atoms with Gasteiger partial charge in [-0.15, -0.1) is 0 Å². The minimum absolute atomic E-state index is 0.119. The second kappa shape index (κ2) is 8.52. The number of nitrogens with one attached hydrogen (secondary N) is 2. The van der Waals surface area contributed by atoms with Crippen molar-refractivity contribution in [3.05, 3.63) is 71.7 Å². The van der Waals surface area contributed by atoms with Crippen LogP contribution in [0.1, 0.15) is 18.4 Å².